The number of carbonyl (C=O) groups is 4. The average Bonchev–Trinajstić information content (AvgIpc) is 0.682. The molecule has 0 amide bonds. The van der Waals surface area contributed by atoms with Crippen molar-refractivity contribution in [1.29, 1.82) is 0 Å². The van der Waals surface area contributed by atoms with Gasteiger partial charge in [-0.2, -0.15) is 0 Å². The molecule has 0 N–H and O–H groups in total. The Kier molecular flexibility index (Phi) is 24.7. The van der Waals surface area contributed by atoms with Crippen molar-refractivity contribution < 1.29 is 57.1 Å². The fraction of sp³-hybridized carbons (Fsp3) is 0.400. The van der Waals surface area contributed by atoms with Crippen LogP contribution < -0.4 is 18.9 Å². The predicted octanol–water partition coefficient (Wildman–Crippen LogP) is 22.4. The lowest BCUT2D eigenvalue weighted by atomic mass is 9.82. The van der Waals surface area contributed by atoms with Crippen LogP contribution in [0.2, 0.25) is 0 Å². The van der Waals surface area contributed by atoms with Gasteiger partial charge in [0.2, 0.25) is 0 Å². The molecule has 4 unspecified atom stereocenters. The van der Waals surface area contributed by atoms with Crippen LogP contribution in [0, 0.1) is 23.7 Å². The van der Waals surface area contributed by atoms with E-state index >= 15 is 19.2 Å². The maximum Gasteiger partial charge on any atom is 0.338 e. The summed E-state index contributed by atoms with van der Waals surface area (Å²) >= 11 is 0. The molecule has 0 spiro atoms. The summed E-state index contributed by atoms with van der Waals surface area (Å²) in [7, 11) is 0. The second kappa shape index (κ2) is 33.6. The quantitative estimate of drug-likeness (QED) is 0.0160. The first-order chi connectivity index (χ1) is 45.0. The molecule has 9 rings (SSSR count). The number of esters is 4. The number of carbonyl (C=O) groups excluding carboxylic acids is 4. The fourth-order valence-electron chi connectivity index (χ4n) is 12.3. The molecule has 0 aliphatic heterocycles. The van der Waals surface area contributed by atoms with Gasteiger partial charge in [0.05, 0.1) is 48.7 Å². The van der Waals surface area contributed by atoms with Crippen LogP contribution in [0.1, 0.15) is 200 Å². The minimum Gasteiger partial charge on any atom is -0.462 e. The molecule has 0 radical (unpaired) electrons. The van der Waals surface area contributed by atoms with E-state index in [0.717, 1.165) is 103 Å². The van der Waals surface area contributed by atoms with Gasteiger partial charge in [-0.05, 0) is 122 Å². The number of rotatable bonds is 36. The van der Waals surface area contributed by atoms with E-state index in [9.17, 15) is 0 Å². The van der Waals surface area contributed by atoms with E-state index in [-0.39, 0.29) is 106 Å². The van der Waals surface area contributed by atoms with Crippen molar-refractivity contribution in [2.75, 3.05) is 26.4 Å². The Hall–Kier alpha value is -8.64. The Balaban J connectivity index is 1.54. The molecular weight excluding hydrogens is 1150 g/mol. The maximum atomic E-state index is 15.7. The van der Waals surface area contributed by atoms with Crippen LogP contribution in [0.25, 0.3) is 43.1 Å². The Morgan fingerprint density at radius 1 is 0.283 bits per heavy atom. The standard InChI is InChI=1S/C80H92O12/c1-9-17-33-53(13-5)49-85-77(81)61-45-65(89-57-37-25-21-26-38-57)71-73-67(91-59-41-29-23-30-42-59)47-63(79(83)87-51-55(15-7)35-19-11-3)70-64(80(84)88-52-56(16-8)36-20-12-4)48-68(92-60-43-31-24-32-44-60)74(76(70)73)72-66(90-58-39-27-22-28-40-58)46-62(69(61)75(71)72)78(82)86-50-54(14-6)34-18-10-2/h21-32,37-48,53-56H,9-20,33-36,49-52H2,1-8H3. The van der Waals surface area contributed by atoms with E-state index in [2.05, 4.69) is 55.4 Å². The van der Waals surface area contributed by atoms with Gasteiger partial charge >= 0.3 is 23.9 Å². The molecule has 92 heavy (non-hydrogen) atoms. The van der Waals surface area contributed by atoms with Crippen molar-refractivity contribution in [3.63, 3.8) is 0 Å². The number of unbranched alkanes of at least 4 members (excludes halogenated alkanes) is 4. The second-order valence-corrected chi connectivity index (χ2v) is 24.4. The van der Waals surface area contributed by atoms with E-state index in [1.165, 1.54) is 0 Å². The van der Waals surface area contributed by atoms with Gasteiger partial charge in [-0.3, -0.25) is 0 Å². The van der Waals surface area contributed by atoms with Gasteiger partial charge in [0.1, 0.15) is 46.0 Å². The monoisotopic (exact) mass is 1240 g/mol. The molecule has 0 saturated heterocycles. The first kappa shape index (κ1) is 67.7. The molecule has 0 saturated carbocycles. The minimum absolute atomic E-state index is 0.0377. The summed E-state index contributed by atoms with van der Waals surface area (Å²) in [5.41, 5.74) is 0.151. The number of ether oxygens (including phenoxy) is 8. The lowest BCUT2D eigenvalue weighted by molar-refractivity contribution is 0.0414. The highest BCUT2D eigenvalue weighted by Gasteiger charge is 2.36. The van der Waals surface area contributed by atoms with Gasteiger partial charge in [0, 0.05) is 43.1 Å². The zero-order chi connectivity index (χ0) is 64.9. The summed E-state index contributed by atoms with van der Waals surface area (Å²) in [5, 5.41) is 2.47. The summed E-state index contributed by atoms with van der Waals surface area (Å²) in [6, 6.07) is 43.5. The van der Waals surface area contributed by atoms with Gasteiger partial charge in [-0.1, -0.05) is 205 Å². The summed E-state index contributed by atoms with van der Waals surface area (Å²) < 4.78 is 54.7. The van der Waals surface area contributed by atoms with Crippen molar-refractivity contribution in [3.8, 4) is 46.0 Å². The molecule has 9 aromatic rings. The molecule has 12 heteroatoms. The van der Waals surface area contributed by atoms with E-state index in [1.54, 1.807) is 24.3 Å². The number of para-hydroxylation sites is 4. The second-order valence-electron chi connectivity index (χ2n) is 24.4. The summed E-state index contributed by atoms with van der Waals surface area (Å²) in [6.07, 6.45) is 14.3. The first-order valence-corrected chi connectivity index (χ1v) is 33.9. The highest BCUT2D eigenvalue weighted by Crippen LogP contribution is 2.57. The third-order valence-electron chi connectivity index (χ3n) is 17.9. The van der Waals surface area contributed by atoms with Crippen molar-refractivity contribution >= 4 is 67.0 Å². The van der Waals surface area contributed by atoms with Gasteiger partial charge in [-0.25, -0.2) is 19.2 Å². The van der Waals surface area contributed by atoms with Crippen molar-refractivity contribution in [3.05, 3.63) is 168 Å². The number of hydrogen-bond acceptors (Lipinski definition) is 12. The van der Waals surface area contributed by atoms with E-state index in [4.69, 9.17) is 37.9 Å². The van der Waals surface area contributed by atoms with Crippen LogP contribution in [0.15, 0.2) is 146 Å². The molecule has 0 aromatic heterocycles. The lowest BCUT2D eigenvalue weighted by Gasteiger charge is -2.27. The van der Waals surface area contributed by atoms with Crippen LogP contribution in [0.5, 0.6) is 46.0 Å². The Bertz CT molecular complexity index is 3370. The largest absolute Gasteiger partial charge is 0.462 e. The lowest BCUT2D eigenvalue weighted by Crippen LogP contribution is -2.18. The zero-order valence-electron chi connectivity index (χ0n) is 55.2. The highest BCUT2D eigenvalue weighted by molar-refractivity contribution is 6.42. The molecule has 0 aliphatic carbocycles. The maximum absolute atomic E-state index is 15.7. The van der Waals surface area contributed by atoms with Crippen molar-refractivity contribution in [2.24, 2.45) is 23.7 Å². The van der Waals surface area contributed by atoms with Crippen molar-refractivity contribution in [2.45, 2.75) is 158 Å². The molecule has 0 bridgehead atoms. The molecular formula is C80H92O12. The van der Waals surface area contributed by atoms with Crippen molar-refractivity contribution in [1.82, 2.24) is 0 Å². The minimum atomic E-state index is -0.683. The molecule has 484 valence electrons. The first-order valence-electron chi connectivity index (χ1n) is 33.9. The van der Waals surface area contributed by atoms with Gasteiger partial charge in [0.15, 0.2) is 0 Å². The molecule has 0 fully saturated rings. The Labute approximate surface area is 543 Å². The van der Waals surface area contributed by atoms with Crippen LogP contribution in [0.4, 0.5) is 0 Å². The topological polar surface area (TPSA) is 142 Å². The molecule has 0 aliphatic rings. The highest BCUT2D eigenvalue weighted by atomic mass is 16.5. The van der Waals surface area contributed by atoms with E-state index in [1.807, 2.05) is 121 Å². The van der Waals surface area contributed by atoms with Crippen LogP contribution in [-0.2, 0) is 18.9 Å². The normalized spacial score (nSPS) is 12.8. The van der Waals surface area contributed by atoms with Crippen LogP contribution in [-0.4, -0.2) is 50.3 Å². The van der Waals surface area contributed by atoms with Crippen LogP contribution in [0.3, 0.4) is 0 Å². The zero-order valence-corrected chi connectivity index (χ0v) is 55.2. The molecule has 12 nitrogen and oxygen atoms in total. The summed E-state index contributed by atoms with van der Waals surface area (Å²) in [5.74, 6) is -0.115. The Morgan fingerprint density at radius 2 is 0.489 bits per heavy atom. The van der Waals surface area contributed by atoms with Crippen LogP contribution >= 0.6 is 0 Å². The SMILES string of the molecule is CCCCC(CC)COC(=O)c1cc(Oc2ccccc2)c2c3c(Oc4ccccc4)cc(C(=O)OCC(CC)CCCC)c4c(C(=O)OCC(CC)CCCC)cc(Oc5ccccc5)c(c5c(Oc6ccccc6)cc(C(=O)OCC(CC)CCCC)c1c25)c43. The third-order valence-corrected chi connectivity index (χ3v) is 17.9. The molecule has 0 heterocycles. The fourth-order valence-corrected chi connectivity index (χ4v) is 12.3. The smallest absolute Gasteiger partial charge is 0.338 e. The molecule has 9 aromatic carbocycles. The third kappa shape index (κ3) is 16.3. The predicted molar refractivity (Wildman–Crippen MR) is 368 cm³/mol. The van der Waals surface area contributed by atoms with Gasteiger partial charge in [0.25, 0.3) is 0 Å². The number of benzene rings is 9. The summed E-state index contributed by atoms with van der Waals surface area (Å²) in [4.78, 5) is 62.9. The van der Waals surface area contributed by atoms with Gasteiger partial charge < -0.3 is 37.9 Å². The Morgan fingerprint density at radius 3 is 0.674 bits per heavy atom. The van der Waals surface area contributed by atoms with E-state index in [0.29, 0.717) is 55.3 Å². The van der Waals surface area contributed by atoms with E-state index < -0.39 is 23.9 Å². The average molecular weight is 1250 g/mol. The number of hydrogen-bond donors (Lipinski definition) is 0. The number of fused-ring (bicyclic) bond motifs is 2. The van der Waals surface area contributed by atoms with Gasteiger partial charge in [-0.15, -0.1) is 0 Å². The summed E-state index contributed by atoms with van der Waals surface area (Å²) in [6.45, 7) is 17.5. The molecule has 4 atom stereocenters.